The Labute approximate surface area is 169 Å². The van der Waals surface area contributed by atoms with Gasteiger partial charge in [-0.3, -0.25) is 4.79 Å². The van der Waals surface area contributed by atoms with Crippen LogP contribution in [-0.2, 0) is 21.1 Å². The van der Waals surface area contributed by atoms with Crippen molar-refractivity contribution in [3.63, 3.8) is 0 Å². The lowest BCUT2D eigenvalue weighted by molar-refractivity contribution is -0.131. The number of halogens is 1. The maximum Gasteiger partial charge on any atom is 0.227 e. The van der Waals surface area contributed by atoms with Gasteiger partial charge >= 0.3 is 0 Å². The molecule has 0 spiro atoms. The number of nitrogens with zero attached hydrogens (tertiary/aromatic N) is 1. The van der Waals surface area contributed by atoms with E-state index in [4.69, 9.17) is 0 Å². The number of carbonyl (C=O) groups is 1. The summed E-state index contributed by atoms with van der Waals surface area (Å²) in [4.78, 5) is 14.7. The van der Waals surface area contributed by atoms with Gasteiger partial charge < -0.3 is 4.90 Å². The number of benzene rings is 3. The van der Waals surface area contributed by atoms with Gasteiger partial charge in [0.25, 0.3) is 0 Å². The molecule has 1 unspecified atom stereocenters. The van der Waals surface area contributed by atoms with Crippen molar-refractivity contribution >= 4 is 26.5 Å². The molecule has 1 fully saturated rings. The van der Waals surface area contributed by atoms with E-state index in [0.29, 0.717) is 19.4 Å². The Bertz CT molecular complexity index is 1140. The molecule has 0 aliphatic carbocycles. The van der Waals surface area contributed by atoms with E-state index in [1.54, 1.807) is 4.90 Å². The molecule has 150 valence electrons. The minimum Gasteiger partial charge on any atom is -0.341 e. The number of fused-ring (bicyclic) bond motifs is 1. The van der Waals surface area contributed by atoms with Gasteiger partial charge in [0.2, 0.25) is 5.91 Å². The maximum absolute atomic E-state index is 13.2. The Hall–Kier alpha value is -2.73. The van der Waals surface area contributed by atoms with Crippen LogP contribution in [0, 0.1) is 5.82 Å². The fourth-order valence-electron chi connectivity index (χ4n) is 3.96. The van der Waals surface area contributed by atoms with Gasteiger partial charge in [0.05, 0.1) is 16.6 Å². The second kappa shape index (κ2) is 7.95. The van der Waals surface area contributed by atoms with Crippen molar-refractivity contribution in [3.05, 3.63) is 78.1 Å². The first-order valence-electron chi connectivity index (χ1n) is 9.69. The quantitative estimate of drug-likeness (QED) is 0.610. The minimum absolute atomic E-state index is 0.0691. The molecule has 29 heavy (non-hydrogen) atoms. The topological polar surface area (TPSA) is 54.5 Å². The molecule has 3 aromatic carbocycles. The van der Waals surface area contributed by atoms with E-state index in [0.717, 1.165) is 28.5 Å². The molecule has 1 amide bonds. The third-order valence-corrected chi connectivity index (χ3v) is 7.73. The van der Waals surface area contributed by atoms with Crippen LogP contribution in [0.3, 0.4) is 0 Å². The highest BCUT2D eigenvalue weighted by molar-refractivity contribution is 7.92. The molecule has 0 radical (unpaired) electrons. The molecule has 0 saturated carbocycles. The first kappa shape index (κ1) is 19.6. The van der Waals surface area contributed by atoms with E-state index in [1.165, 1.54) is 12.1 Å². The van der Waals surface area contributed by atoms with Gasteiger partial charge in [0.1, 0.15) is 5.82 Å². The summed E-state index contributed by atoms with van der Waals surface area (Å²) in [5.41, 5.74) is 0.941. The average Bonchev–Trinajstić information content (AvgIpc) is 2.74. The molecule has 1 aliphatic rings. The van der Waals surface area contributed by atoms with Gasteiger partial charge in [-0.05, 0) is 53.4 Å². The number of piperidine rings is 1. The Morgan fingerprint density at radius 3 is 2.52 bits per heavy atom. The molecule has 1 aliphatic heterocycles. The van der Waals surface area contributed by atoms with Crippen LogP contribution >= 0.6 is 0 Å². The molecule has 4 rings (SSSR count). The summed E-state index contributed by atoms with van der Waals surface area (Å²) in [5.74, 6) is -0.542. The van der Waals surface area contributed by atoms with Gasteiger partial charge in [0.15, 0.2) is 9.84 Å². The van der Waals surface area contributed by atoms with Crippen LogP contribution in [0.4, 0.5) is 4.39 Å². The Balaban J connectivity index is 1.52. The zero-order chi connectivity index (χ0) is 20.4. The molecule has 0 bridgehead atoms. The normalized spacial score (nSPS) is 17.4. The van der Waals surface area contributed by atoms with Crippen LogP contribution in [0.25, 0.3) is 10.8 Å². The minimum atomic E-state index is -3.61. The summed E-state index contributed by atoms with van der Waals surface area (Å²) in [7, 11) is -3.61. The van der Waals surface area contributed by atoms with Crippen molar-refractivity contribution in [1.29, 1.82) is 0 Å². The number of amides is 1. The standard InChI is InChI=1S/C23H22FNO3S/c24-19-10-12-20(13-11-19)29(27,28)21-8-4-14-25(16-21)23(26)15-18-7-3-6-17-5-1-2-9-22(17)18/h1-3,5-7,9-13,21H,4,8,14-16H2. The third kappa shape index (κ3) is 4.03. The molecular formula is C23H22FNO3S. The molecule has 3 aromatic rings. The zero-order valence-electron chi connectivity index (χ0n) is 15.9. The lowest BCUT2D eigenvalue weighted by Gasteiger charge is -2.32. The van der Waals surface area contributed by atoms with Crippen LogP contribution in [0.15, 0.2) is 71.6 Å². The monoisotopic (exact) mass is 411 g/mol. The molecule has 1 atom stereocenters. The van der Waals surface area contributed by atoms with Crippen LogP contribution in [0.5, 0.6) is 0 Å². The van der Waals surface area contributed by atoms with Crippen molar-refractivity contribution in [1.82, 2.24) is 4.90 Å². The van der Waals surface area contributed by atoms with Crippen LogP contribution in [0.2, 0.25) is 0 Å². The SMILES string of the molecule is O=C(Cc1cccc2ccccc12)N1CCCC(S(=O)(=O)c2ccc(F)cc2)C1. The average molecular weight is 411 g/mol. The summed E-state index contributed by atoms with van der Waals surface area (Å²) >= 11 is 0. The Morgan fingerprint density at radius 2 is 1.72 bits per heavy atom. The summed E-state index contributed by atoms with van der Waals surface area (Å²) in [6, 6.07) is 18.7. The number of sulfone groups is 1. The van der Waals surface area contributed by atoms with E-state index < -0.39 is 20.9 Å². The van der Waals surface area contributed by atoms with Gasteiger partial charge in [-0.1, -0.05) is 42.5 Å². The van der Waals surface area contributed by atoms with Gasteiger partial charge in [0, 0.05) is 13.1 Å². The second-order valence-electron chi connectivity index (χ2n) is 7.42. The van der Waals surface area contributed by atoms with E-state index in [2.05, 4.69) is 0 Å². The molecule has 0 aromatic heterocycles. The van der Waals surface area contributed by atoms with Crippen LogP contribution in [0.1, 0.15) is 18.4 Å². The molecule has 1 saturated heterocycles. The Kier molecular flexibility index (Phi) is 5.37. The fraction of sp³-hybridized carbons (Fsp3) is 0.261. The summed E-state index contributed by atoms with van der Waals surface area (Å²) < 4.78 is 39.0. The zero-order valence-corrected chi connectivity index (χ0v) is 16.7. The summed E-state index contributed by atoms with van der Waals surface area (Å²) in [6.45, 7) is 0.725. The Morgan fingerprint density at radius 1 is 1.00 bits per heavy atom. The maximum atomic E-state index is 13.2. The number of hydrogen-bond donors (Lipinski definition) is 0. The first-order chi connectivity index (χ1) is 13.9. The van der Waals surface area contributed by atoms with Crippen LogP contribution < -0.4 is 0 Å². The number of rotatable bonds is 4. The van der Waals surface area contributed by atoms with Crippen molar-refractivity contribution in [2.45, 2.75) is 29.4 Å². The van der Waals surface area contributed by atoms with Gasteiger partial charge in [-0.2, -0.15) is 0 Å². The highest BCUT2D eigenvalue weighted by Crippen LogP contribution is 2.25. The lowest BCUT2D eigenvalue weighted by atomic mass is 10.0. The lowest BCUT2D eigenvalue weighted by Crippen LogP contribution is -2.45. The van der Waals surface area contributed by atoms with E-state index in [1.807, 2.05) is 42.5 Å². The van der Waals surface area contributed by atoms with Crippen molar-refractivity contribution in [2.75, 3.05) is 13.1 Å². The van der Waals surface area contributed by atoms with Crippen molar-refractivity contribution in [2.24, 2.45) is 0 Å². The molecule has 0 N–H and O–H groups in total. The first-order valence-corrected chi connectivity index (χ1v) is 11.2. The molecular weight excluding hydrogens is 389 g/mol. The number of likely N-dealkylation sites (tertiary alicyclic amines) is 1. The smallest absolute Gasteiger partial charge is 0.227 e. The van der Waals surface area contributed by atoms with Crippen LogP contribution in [-0.4, -0.2) is 37.6 Å². The largest absolute Gasteiger partial charge is 0.341 e. The predicted molar refractivity (Wildman–Crippen MR) is 111 cm³/mol. The summed E-state index contributed by atoms with van der Waals surface area (Å²) in [6.07, 6.45) is 1.37. The second-order valence-corrected chi connectivity index (χ2v) is 9.65. The van der Waals surface area contributed by atoms with E-state index in [9.17, 15) is 17.6 Å². The van der Waals surface area contributed by atoms with E-state index >= 15 is 0 Å². The third-order valence-electron chi connectivity index (χ3n) is 5.53. The van der Waals surface area contributed by atoms with Gasteiger partial charge in [-0.25, -0.2) is 12.8 Å². The highest BCUT2D eigenvalue weighted by atomic mass is 32.2. The highest BCUT2D eigenvalue weighted by Gasteiger charge is 2.33. The molecule has 6 heteroatoms. The fourth-order valence-corrected chi connectivity index (χ4v) is 5.71. The van der Waals surface area contributed by atoms with Crippen molar-refractivity contribution < 1.29 is 17.6 Å². The van der Waals surface area contributed by atoms with Gasteiger partial charge in [-0.15, -0.1) is 0 Å². The number of hydrogen-bond acceptors (Lipinski definition) is 3. The molecule has 4 nitrogen and oxygen atoms in total. The summed E-state index contributed by atoms with van der Waals surface area (Å²) in [5, 5.41) is 1.45. The van der Waals surface area contributed by atoms with Crippen molar-refractivity contribution in [3.8, 4) is 0 Å². The predicted octanol–water partition coefficient (Wildman–Crippen LogP) is 3.99. The van der Waals surface area contributed by atoms with E-state index in [-0.39, 0.29) is 23.8 Å². The molecule has 1 heterocycles. The number of carbonyl (C=O) groups excluding carboxylic acids is 1.